The molecule has 0 unspecified atom stereocenters. The summed E-state index contributed by atoms with van der Waals surface area (Å²) in [4.78, 5) is 2.55. The second-order valence-corrected chi connectivity index (χ2v) is 5.60. The van der Waals surface area contributed by atoms with Crippen LogP contribution in [0.4, 0.5) is 0 Å². The third kappa shape index (κ3) is 2.45. The van der Waals surface area contributed by atoms with Crippen molar-refractivity contribution < 1.29 is 14.2 Å². The monoisotopic (exact) mass is 292 g/mol. The maximum absolute atomic E-state index is 5.62. The SMILES string of the molecule is COc1cc2c(c(OC)c1OC)CNC[C@@H]2N1CCCC1. The number of ether oxygens (including phenoxy) is 3. The fourth-order valence-corrected chi connectivity index (χ4v) is 3.54. The number of rotatable bonds is 4. The molecule has 0 aliphatic carbocycles. The van der Waals surface area contributed by atoms with Crippen molar-refractivity contribution in [1.29, 1.82) is 0 Å². The normalized spacial score (nSPS) is 22.0. The Morgan fingerprint density at radius 1 is 1.05 bits per heavy atom. The lowest BCUT2D eigenvalue weighted by Gasteiger charge is -2.35. The zero-order valence-electron chi connectivity index (χ0n) is 13.1. The van der Waals surface area contributed by atoms with Gasteiger partial charge in [-0.3, -0.25) is 4.90 Å². The van der Waals surface area contributed by atoms with Crippen molar-refractivity contribution in [3.8, 4) is 17.2 Å². The molecular formula is C16H24N2O3. The molecule has 5 heteroatoms. The van der Waals surface area contributed by atoms with Crippen LogP contribution < -0.4 is 19.5 Å². The summed E-state index contributed by atoms with van der Waals surface area (Å²) < 4.78 is 16.6. The van der Waals surface area contributed by atoms with E-state index in [2.05, 4.69) is 16.3 Å². The maximum Gasteiger partial charge on any atom is 0.203 e. The summed E-state index contributed by atoms with van der Waals surface area (Å²) in [5, 5.41) is 3.51. The molecule has 21 heavy (non-hydrogen) atoms. The van der Waals surface area contributed by atoms with Gasteiger partial charge in [0.15, 0.2) is 11.5 Å². The van der Waals surface area contributed by atoms with E-state index in [1.165, 1.54) is 37.1 Å². The third-order valence-corrected chi connectivity index (χ3v) is 4.55. The Labute approximate surface area is 126 Å². The first-order valence-electron chi connectivity index (χ1n) is 7.56. The van der Waals surface area contributed by atoms with Gasteiger partial charge >= 0.3 is 0 Å². The largest absolute Gasteiger partial charge is 0.493 e. The molecule has 1 fully saturated rings. The Bertz CT molecular complexity index is 513. The van der Waals surface area contributed by atoms with Gasteiger partial charge in [0.1, 0.15) is 0 Å². The summed E-state index contributed by atoms with van der Waals surface area (Å²) in [6.45, 7) is 4.12. The van der Waals surface area contributed by atoms with Crippen molar-refractivity contribution in [3.05, 3.63) is 17.2 Å². The van der Waals surface area contributed by atoms with Gasteiger partial charge in [-0.25, -0.2) is 0 Å². The van der Waals surface area contributed by atoms with Crippen LogP contribution >= 0.6 is 0 Å². The first-order chi connectivity index (χ1) is 10.3. The summed E-state index contributed by atoms with van der Waals surface area (Å²) in [7, 11) is 5.02. The highest BCUT2D eigenvalue weighted by atomic mass is 16.5. The lowest BCUT2D eigenvalue weighted by Crippen LogP contribution is -2.38. The minimum absolute atomic E-state index is 0.393. The number of hydrogen-bond acceptors (Lipinski definition) is 5. The predicted octanol–water partition coefficient (Wildman–Crippen LogP) is 1.95. The Balaban J connectivity index is 2.09. The quantitative estimate of drug-likeness (QED) is 0.919. The summed E-state index contributed by atoms with van der Waals surface area (Å²) in [6, 6.07) is 2.52. The molecule has 0 aromatic heterocycles. The molecule has 2 heterocycles. The van der Waals surface area contributed by atoms with E-state index in [-0.39, 0.29) is 0 Å². The number of nitrogens with zero attached hydrogens (tertiary/aromatic N) is 1. The van der Waals surface area contributed by atoms with Gasteiger partial charge in [0.2, 0.25) is 5.75 Å². The Hall–Kier alpha value is -1.46. The zero-order valence-corrected chi connectivity index (χ0v) is 13.1. The van der Waals surface area contributed by atoms with Crippen LogP contribution in [0.25, 0.3) is 0 Å². The van der Waals surface area contributed by atoms with E-state index in [1.54, 1.807) is 21.3 Å². The van der Waals surface area contributed by atoms with Gasteiger partial charge < -0.3 is 19.5 Å². The summed E-state index contributed by atoms with van der Waals surface area (Å²) in [6.07, 6.45) is 2.58. The van der Waals surface area contributed by atoms with Crippen LogP contribution in [0.15, 0.2) is 6.07 Å². The van der Waals surface area contributed by atoms with Crippen molar-refractivity contribution in [3.63, 3.8) is 0 Å². The van der Waals surface area contributed by atoms with E-state index in [0.717, 1.165) is 24.6 Å². The minimum atomic E-state index is 0.393. The Morgan fingerprint density at radius 2 is 1.76 bits per heavy atom. The van der Waals surface area contributed by atoms with E-state index in [4.69, 9.17) is 14.2 Å². The molecule has 1 aromatic rings. The molecule has 5 nitrogen and oxygen atoms in total. The summed E-state index contributed by atoms with van der Waals surface area (Å²) in [5.41, 5.74) is 2.50. The third-order valence-electron chi connectivity index (χ3n) is 4.55. The molecule has 2 aliphatic heterocycles. The molecule has 0 bridgehead atoms. The zero-order chi connectivity index (χ0) is 14.8. The van der Waals surface area contributed by atoms with Crippen molar-refractivity contribution >= 4 is 0 Å². The van der Waals surface area contributed by atoms with Crippen molar-refractivity contribution in [2.75, 3.05) is 41.0 Å². The van der Waals surface area contributed by atoms with Gasteiger partial charge in [-0.2, -0.15) is 0 Å². The molecule has 0 saturated carbocycles. The number of methoxy groups -OCH3 is 3. The molecule has 1 atom stereocenters. The molecule has 1 aromatic carbocycles. The Morgan fingerprint density at radius 3 is 2.38 bits per heavy atom. The smallest absolute Gasteiger partial charge is 0.203 e. The molecule has 116 valence electrons. The molecule has 3 rings (SSSR count). The number of hydrogen-bond donors (Lipinski definition) is 1. The fraction of sp³-hybridized carbons (Fsp3) is 0.625. The van der Waals surface area contributed by atoms with Crippen LogP contribution in [0.1, 0.15) is 30.0 Å². The number of likely N-dealkylation sites (tertiary alicyclic amines) is 1. The molecule has 0 radical (unpaired) electrons. The minimum Gasteiger partial charge on any atom is -0.493 e. The Kier molecular flexibility index (Phi) is 4.22. The van der Waals surface area contributed by atoms with E-state index >= 15 is 0 Å². The lowest BCUT2D eigenvalue weighted by atomic mass is 9.93. The van der Waals surface area contributed by atoms with Crippen LogP contribution in [0.2, 0.25) is 0 Å². The summed E-state index contributed by atoms with van der Waals surface area (Å²) >= 11 is 0. The number of nitrogens with one attached hydrogen (secondary N) is 1. The van der Waals surface area contributed by atoms with Crippen LogP contribution in [0.5, 0.6) is 17.2 Å². The van der Waals surface area contributed by atoms with E-state index < -0.39 is 0 Å². The van der Waals surface area contributed by atoms with Gasteiger partial charge in [-0.15, -0.1) is 0 Å². The highest BCUT2D eigenvalue weighted by molar-refractivity contribution is 5.60. The predicted molar refractivity (Wildman–Crippen MR) is 81.4 cm³/mol. The highest BCUT2D eigenvalue weighted by Crippen LogP contribution is 2.45. The highest BCUT2D eigenvalue weighted by Gasteiger charge is 2.32. The summed E-state index contributed by atoms with van der Waals surface area (Å²) in [5.74, 6) is 2.23. The van der Waals surface area contributed by atoms with Crippen LogP contribution in [-0.4, -0.2) is 45.9 Å². The maximum atomic E-state index is 5.62. The van der Waals surface area contributed by atoms with Crippen LogP contribution in [-0.2, 0) is 6.54 Å². The molecule has 0 spiro atoms. The molecule has 1 saturated heterocycles. The van der Waals surface area contributed by atoms with Gasteiger partial charge in [0, 0.05) is 24.7 Å². The second-order valence-electron chi connectivity index (χ2n) is 5.60. The number of benzene rings is 1. The second kappa shape index (κ2) is 6.12. The van der Waals surface area contributed by atoms with Gasteiger partial charge in [0.05, 0.1) is 21.3 Å². The van der Waals surface area contributed by atoms with Gasteiger partial charge in [-0.05, 0) is 37.6 Å². The molecule has 2 aliphatic rings. The topological polar surface area (TPSA) is 43.0 Å². The molecule has 0 amide bonds. The molecule has 1 N–H and O–H groups in total. The first-order valence-corrected chi connectivity index (χ1v) is 7.56. The van der Waals surface area contributed by atoms with Crippen molar-refractivity contribution in [2.45, 2.75) is 25.4 Å². The van der Waals surface area contributed by atoms with Crippen molar-refractivity contribution in [1.82, 2.24) is 10.2 Å². The number of fused-ring (bicyclic) bond motifs is 1. The standard InChI is InChI=1S/C16H24N2O3/c1-19-14-8-11-12(15(20-2)16(14)21-3)9-17-10-13(11)18-6-4-5-7-18/h8,13,17H,4-7,9-10H2,1-3H3/t13-/m0/s1. The fourth-order valence-electron chi connectivity index (χ4n) is 3.54. The van der Waals surface area contributed by atoms with E-state index in [0.29, 0.717) is 11.8 Å². The van der Waals surface area contributed by atoms with Gasteiger partial charge in [-0.1, -0.05) is 0 Å². The van der Waals surface area contributed by atoms with E-state index in [9.17, 15) is 0 Å². The first kappa shape index (κ1) is 14.5. The van der Waals surface area contributed by atoms with Crippen LogP contribution in [0, 0.1) is 0 Å². The van der Waals surface area contributed by atoms with Gasteiger partial charge in [0.25, 0.3) is 0 Å². The van der Waals surface area contributed by atoms with E-state index in [1.807, 2.05) is 0 Å². The van der Waals surface area contributed by atoms with Crippen LogP contribution in [0.3, 0.4) is 0 Å². The average Bonchev–Trinajstić information content (AvgIpc) is 3.06. The average molecular weight is 292 g/mol. The lowest BCUT2D eigenvalue weighted by molar-refractivity contribution is 0.224. The van der Waals surface area contributed by atoms with Crippen molar-refractivity contribution in [2.24, 2.45) is 0 Å². The molecular weight excluding hydrogens is 268 g/mol.